The number of aromatic nitrogens is 1. The highest BCUT2D eigenvalue weighted by atomic mass is 32.1. The monoisotopic (exact) mass is 285 g/mol. The molecule has 0 atom stereocenters. The molecule has 0 amide bonds. The van der Waals surface area contributed by atoms with Crippen molar-refractivity contribution in [3.63, 3.8) is 0 Å². The predicted molar refractivity (Wildman–Crippen MR) is 80.4 cm³/mol. The summed E-state index contributed by atoms with van der Waals surface area (Å²) in [7, 11) is 0. The van der Waals surface area contributed by atoms with E-state index in [1.54, 1.807) is 23.5 Å². The summed E-state index contributed by atoms with van der Waals surface area (Å²) in [6, 6.07) is 6.31. The maximum absolute atomic E-state index is 10.6. The van der Waals surface area contributed by atoms with Gasteiger partial charge in [0, 0.05) is 24.2 Å². The minimum atomic E-state index is -0.410. The molecule has 1 N–H and O–H groups in total. The van der Waals surface area contributed by atoms with Crippen molar-refractivity contribution in [1.29, 1.82) is 0 Å². The van der Waals surface area contributed by atoms with Crippen molar-refractivity contribution < 1.29 is 4.92 Å². The van der Waals surface area contributed by atoms with Gasteiger partial charge in [0.1, 0.15) is 0 Å². The van der Waals surface area contributed by atoms with Gasteiger partial charge in [-0.1, -0.05) is 29.6 Å². The molecule has 0 aliphatic heterocycles. The summed E-state index contributed by atoms with van der Waals surface area (Å²) < 4.78 is 0. The second-order valence-corrected chi connectivity index (χ2v) is 5.28. The van der Waals surface area contributed by atoms with Crippen molar-refractivity contribution in [2.75, 3.05) is 5.32 Å². The van der Waals surface area contributed by atoms with E-state index in [4.69, 9.17) is 0 Å². The van der Waals surface area contributed by atoms with E-state index < -0.39 is 4.92 Å². The number of hydrogen-bond donors (Lipinski definition) is 1. The minimum absolute atomic E-state index is 0.0820. The molecule has 1 aromatic heterocycles. The molecule has 0 saturated carbocycles. The fourth-order valence-electron chi connectivity index (χ4n) is 1.88. The first-order valence-electron chi connectivity index (χ1n) is 6.07. The number of thiazole rings is 1. The molecule has 3 rings (SSSR count). The smallest absolute Gasteiger partial charge is 0.269 e. The van der Waals surface area contributed by atoms with Crippen LogP contribution in [0.25, 0.3) is 6.08 Å². The Labute approximate surface area is 119 Å². The van der Waals surface area contributed by atoms with Crippen LogP contribution in [0.1, 0.15) is 10.6 Å². The quantitative estimate of drug-likeness (QED) is 0.685. The van der Waals surface area contributed by atoms with Crippen molar-refractivity contribution in [2.45, 2.75) is 6.42 Å². The van der Waals surface area contributed by atoms with Crippen molar-refractivity contribution in [1.82, 2.24) is 4.98 Å². The van der Waals surface area contributed by atoms with Crippen LogP contribution in [0.3, 0.4) is 0 Å². The Morgan fingerprint density at radius 1 is 1.25 bits per heavy atom. The molecule has 1 heterocycles. The highest BCUT2D eigenvalue weighted by Crippen LogP contribution is 2.29. The molecule has 2 aromatic rings. The number of non-ortho nitro benzene ring substituents is 1. The zero-order valence-corrected chi connectivity index (χ0v) is 11.3. The van der Waals surface area contributed by atoms with Gasteiger partial charge in [-0.15, -0.1) is 0 Å². The third kappa shape index (κ3) is 2.60. The SMILES string of the molecule is O=[N+]([O-])c1ccc(Nc2nc3c(s2)C=CC=CC3)cc1. The lowest BCUT2D eigenvalue weighted by molar-refractivity contribution is -0.384. The Bertz CT molecular complexity index is 702. The highest BCUT2D eigenvalue weighted by Gasteiger charge is 2.10. The molecule has 0 spiro atoms. The molecule has 0 unspecified atom stereocenters. The summed E-state index contributed by atoms with van der Waals surface area (Å²) in [5, 5.41) is 14.6. The van der Waals surface area contributed by atoms with Gasteiger partial charge in [-0.2, -0.15) is 0 Å². The first-order chi connectivity index (χ1) is 9.72. The first-order valence-corrected chi connectivity index (χ1v) is 6.88. The predicted octanol–water partition coefficient (Wildman–Crippen LogP) is 3.92. The second kappa shape index (κ2) is 5.26. The van der Waals surface area contributed by atoms with Gasteiger partial charge in [0.25, 0.3) is 5.69 Å². The summed E-state index contributed by atoms with van der Waals surface area (Å²) in [6.45, 7) is 0. The maximum Gasteiger partial charge on any atom is 0.269 e. The molecule has 100 valence electrons. The van der Waals surface area contributed by atoms with Gasteiger partial charge in [0.05, 0.1) is 15.5 Å². The lowest BCUT2D eigenvalue weighted by Gasteiger charge is -2.01. The number of nitrogens with zero attached hydrogens (tertiary/aromatic N) is 2. The summed E-state index contributed by atoms with van der Waals surface area (Å²) in [5.74, 6) is 0. The number of fused-ring (bicyclic) bond motifs is 1. The van der Waals surface area contributed by atoms with Crippen molar-refractivity contribution in [2.24, 2.45) is 0 Å². The van der Waals surface area contributed by atoms with E-state index in [9.17, 15) is 10.1 Å². The number of hydrogen-bond acceptors (Lipinski definition) is 5. The van der Waals surface area contributed by atoms with Crippen LogP contribution in [0.2, 0.25) is 0 Å². The van der Waals surface area contributed by atoms with Gasteiger partial charge < -0.3 is 5.32 Å². The standard InChI is InChI=1S/C14H11N3O2S/c18-17(19)11-8-6-10(7-9-11)15-14-16-12-4-2-1-3-5-13(12)20-14/h1-3,5-9H,4H2,(H,15,16). The van der Waals surface area contributed by atoms with Crippen LogP contribution in [0.4, 0.5) is 16.5 Å². The maximum atomic E-state index is 10.6. The van der Waals surface area contributed by atoms with E-state index in [1.165, 1.54) is 12.1 Å². The molecule has 1 aliphatic rings. The Morgan fingerprint density at radius 3 is 2.80 bits per heavy atom. The van der Waals surface area contributed by atoms with E-state index in [1.807, 2.05) is 18.2 Å². The molecule has 1 aliphatic carbocycles. The van der Waals surface area contributed by atoms with Crippen LogP contribution >= 0.6 is 11.3 Å². The first kappa shape index (κ1) is 12.6. The molecule has 20 heavy (non-hydrogen) atoms. The van der Waals surface area contributed by atoms with E-state index in [0.29, 0.717) is 0 Å². The molecule has 0 bridgehead atoms. The number of nitrogens with one attached hydrogen (secondary N) is 1. The van der Waals surface area contributed by atoms with Gasteiger partial charge in [-0.25, -0.2) is 4.98 Å². The highest BCUT2D eigenvalue weighted by molar-refractivity contribution is 7.16. The van der Waals surface area contributed by atoms with E-state index in [-0.39, 0.29) is 5.69 Å². The third-order valence-electron chi connectivity index (χ3n) is 2.86. The van der Waals surface area contributed by atoms with Crippen molar-refractivity contribution in [3.05, 3.63) is 63.2 Å². The van der Waals surface area contributed by atoms with Crippen LogP contribution in [0.5, 0.6) is 0 Å². The fourth-order valence-corrected chi connectivity index (χ4v) is 2.81. The van der Waals surface area contributed by atoms with Gasteiger partial charge in [-0.05, 0) is 18.2 Å². The summed E-state index contributed by atoms with van der Waals surface area (Å²) in [4.78, 5) is 15.9. The van der Waals surface area contributed by atoms with E-state index >= 15 is 0 Å². The zero-order valence-electron chi connectivity index (χ0n) is 10.4. The van der Waals surface area contributed by atoms with Crippen LogP contribution in [0, 0.1) is 10.1 Å². The molecule has 0 radical (unpaired) electrons. The van der Waals surface area contributed by atoms with E-state index in [0.717, 1.165) is 27.8 Å². The van der Waals surface area contributed by atoms with Gasteiger partial charge >= 0.3 is 0 Å². The Morgan fingerprint density at radius 2 is 2.05 bits per heavy atom. The van der Waals surface area contributed by atoms with Crippen molar-refractivity contribution in [3.8, 4) is 0 Å². The molecule has 5 nitrogen and oxygen atoms in total. The zero-order chi connectivity index (χ0) is 13.9. The van der Waals surface area contributed by atoms with Gasteiger partial charge in [0.2, 0.25) is 0 Å². The minimum Gasteiger partial charge on any atom is -0.332 e. The summed E-state index contributed by atoms with van der Waals surface area (Å²) >= 11 is 1.57. The van der Waals surface area contributed by atoms with Gasteiger partial charge in [-0.3, -0.25) is 10.1 Å². The number of nitro groups is 1. The molecule has 0 fully saturated rings. The topological polar surface area (TPSA) is 68.1 Å². The second-order valence-electron chi connectivity index (χ2n) is 4.25. The summed E-state index contributed by atoms with van der Waals surface area (Å²) in [5.41, 5.74) is 1.92. The Kier molecular flexibility index (Phi) is 3.30. The molecule has 0 saturated heterocycles. The third-order valence-corrected chi connectivity index (χ3v) is 3.84. The van der Waals surface area contributed by atoms with Crippen LogP contribution in [-0.2, 0) is 6.42 Å². The molecule has 1 aromatic carbocycles. The Hall–Kier alpha value is -2.47. The lowest BCUT2D eigenvalue weighted by Crippen LogP contribution is -1.92. The molecular formula is C14H11N3O2S. The summed E-state index contributed by atoms with van der Waals surface area (Å²) in [6.07, 6.45) is 8.94. The molecule has 6 heteroatoms. The van der Waals surface area contributed by atoms with Crippen LogP contribution in [0.15, 0.2) is 42.5 Å². The number of nitro benzene ring substituents is 1. The number of allylic oxidation sites excluding steroid dienone is 3. The Balaban J connectivity index is 1.80. The average molecular weight is 285 g/mol. The largest absolute Gasteiger partial charge is 0.332 e. The fraction of sp³-hybridized carbons (Fsp3) is 0.0714. The number of rotatable bonds is 3. The lowest BCUT2D eigenvalue weighted by atomic mass is 10.3. The van der Waals surface area contributed by atoms with Crippen LogP contribution in [-0.4, -0.2) is 9.91 Å². The van der Waals surface area contributed by atoms with Crippen molar-refractivity contribution >= 4 is 33.9 Å². The van der Waals surface area contributed by atoms with Crippen LogP contribution < -0.4 is 5.32 Å². The van der Waals surface area contributed by atoms with Gasteiger partial charge in [0.15, 0.2) is 5.13 Å². The number of benzene rings is 1. The molecular weight excluding hydrogens is 274 g/mol. The number of anilines is 2. The average Bonchev–Trinajstić information content (AvgIpc) is 2.68. The van der Waals surface area contributed by atoms with E-state index in [2.05, 4.69) is 16.4 Å². The normalized spacial score (nSPS) is 12.8.